The first kappa shape index (κ1) is 13.3. The van der Waals surface area contributed by atoms with Gasteiger partial charge in [0.05, 0.1) is 10.3 Å². The normalized spacial score (nSPS) is 21.3. The zero-order valence-electron chi connectivity index (χ0n) is 11.5. The zero-order valence-corrected chi connectivity index (χ0v) is 12.2. The number of nitrogens with zero attached hydrogens (tertiary/aromatic N) is 2. The second kappa shape index (κ2) is 4.55. The summed E-state index contributed by atoms with van der Waals surface area (Å²) in [4.78, 5) is 15.2. The molecule has 0 fully saturated rings. The van der Waals surface area contributed by atoms with Crippen LogP contribution in [0.4, 0.5) is 5.69 Å². The Morgan fingerprint density at radius 2 is 2.09 bits per heavy atom. The van der Waals surface area contributed by atoms with Crippen LogP contribution in [0.5, 0.6) is 5.75 Å². The molecule has 0 aromatic heterocycles. The van der Waals surface area contributed by atoms with Crippen molar-refractivity contribution in [2.75, 3.05) is 0 Å². The Kier molecular flexibility index (Phi) is 2.74. The fourth-order valence-corrected chi connectivity index (χ4v) is 3.30. The Balaban J connectivity index is 1.79. The van der Waals surface area contributed by atoms with Gasteiger partial charge in [0.15, 0.2) is 0 Å². The minimum atomic E-state index is -0.726. The minimum absolute atomic E-state index is 0.0874. The Morgan fingerprint density at radius 1 is 1.27 bits per heavy atom. The van der Waals surface area contributed by atoms with Crippen LogP contribution in [0.25, 0.3) is 6.08 Å². The first-order valence-electron chi connectivity index (χ1n) is 6.91. The number of hydrogen-bond donors (Lipinski definition) is 0. The van der Waals surface area contributed by atoms with Gasteiger partial charge in [-0.1, -0.05) is 29.8 Å². The summed E-state index contributed by atoms with van der Waals surface area (Å²) in [5, 5.41) is 13.1. The number of ether oxygens (including phenoxy) is 1. The first-order valence-corrected chi connectivity index (χ1v) is 7.28. The molecule has 2 aliphatic heterocycles. The first-order chi connectivity index (χ1) is 10.6. The summed E-state index contributed by atoms with van der Waals surface area (Å²) < 4.78 is 6.05. The second-order valence-corrected chi connectivity index (χ2v) is 5.77. The van der Waals surface area contributed by atoms with Crippen molar-refractivity contribution in [3.63, 3.8) is 0 Å². The molecule has 0 saturated heterocycles. The average Bonchev–Trinajstić information content (AvgIpc) is 2.84. The largest absolute Gasteiger partial charge is 0.462 e. The van der Waals surface area contributed by atoms with E-state index in [1.54, 1.807) is 6.07 Å². The number of nitro groups is 1. The van der Waals surface area contributed by atoms with Crippen LogP contribution in [0.3, 0.4) is 0 Å². The third-order valence-electron chi connectivity index (χ3n) is 4.02. The lowest BCUT2D eigenvalue weighted by Crippen LogP contribution is -2.34. The van der Waals surface area contributed by atoms with Crippen LogP contribution in [0, 0.1) is 10.1 Å². The van der Waals surface area contributed by atoms with Crippen LogP contribution < -0.4 is 15.3 Å². The van der Waals surface area contributed by atoms with Crippen molar-refractivity contribution in [2.45, 2.75) is 18.6 Å². The van der Waals surface area contributed by atoms with E-state index in [0.717, 1.165) is 10.6 Å². The van der Waals surface area contributed by atoms with Crippen LogP contribution >= 0.6 is 11.6 Å². The molecule has 5 nitrogen and oxygen atoms in total. The maximum Gasteiger partial charge on any atom is 0.288 e. The quantitative estimate of drug-likeness (QED) is 0.599. The molecule has 0 amide bonds. The molecule has 2 aromatic rings. The molecule has 2 aromatic carbocycles. The van der Waals surface area contributed by atoms with E-state index in [4.69, 9.17) is 16.3 Å². The van der Waals surface area contributed by atoms with Crippen molar-refractivity contribution >= 4 is 23.4 Å². The van der Waals surface area contributed by atoms with Gasteiger partial charge in [-0.15, -0.1) is 0 Å². The lowest BCUT2D eigenvalue weighted by Gasteiger charge is -2.32. The van der Waals surface area contributed by atoms with Gasteiger partial charge in [0.25, 0.3) is 5.69 Å². The van der Waals surface area contributed by atoms with Crippen molar-refractivity contribution in [2.24, 2.45) is 4.99 Å². The van der Waals surface area contributed by atoms with Crippen molar-refractivity contribution < 1.29 is 9.66 Å². The summed E-state index contributed by atoms with van der Waals surface area (Å²) in [5.74, 6) is 0.564. The molecule has 110 valence electrons. The van der Waals surface area contributed by atoms with Gasteiger partial charge in [0, 0.05) is 23.3 Å². The average molecular weight is 315 g/mol. The summed E-state index contributed by atoms with van der Waals surface area (Å²) in [6.45, 7) is 0. The SMILES string of the molecule is O=[N+]([O-])c1ccc2c(c1Cl)CCC1(C=c3ccccc3=N1)O2. The lowest BCUT2D eigenvalue weighted by atomic mass is 9.97. The number of hydrogen-bond acceptors (Lipinski definition) is 4. The predicted molar refractivity (Wildman–Crippen MR) is 81.5 cm³/mol. The third kappa shape index (κ3) is 1.89. The molecule has 2 heterocycles. The molecule has 6 heteroatoms. The fourth-order valence-electron chi connectivity index (χ4n) is 2.98. The molecule has 0 aliphatic carbocycles. The molecule has 0 N–H and O–H groups in total. The van der Waals surface area contributed by atoms with Gasteiger partial charge in [0.2, 0.25) is 5.72 Å². The van der Waals surface area contributed by atoms with Gasteiger partial charge < -0.3 is 4.74 Å². The van der Waals surface area contributed by atoms with E-state index in [1.165, 1.54) is 6.07 Å². The molecule has 1 spiro atoms. The molecule has 0 bridgehead atoms. The number of fused-ring (bicyclic) bond motifs is 2. The van der Waals surface area contributed by atoms with E-state index >= 15 is 0 Å². The zero-order chi connectivity index (χ0) is 15.3. The molecule has 0 saturated carbocycles. The fraction of sp³-hybridized carbons (Fsp3) is 0.188. The van der Waals surface area contributed by atoms with Crippen LogP contribution in [0.2, 0.25) is 5.02 Å². The van der Waals surface area contributed by atoms with Crippen LogP contribution in [-0.4, -0.2) is 10.6 Å². The van der Waals surface area contributed by atoms with Crippen LogP contribution in [-0.2, 0) is 6.42 Å². The summed E-state index contributed by atoms with van der Waals surface area (Å²) in [5.41, 5.74) is -0.132. The lowest BCUT2D eigenvalue weighted by molar-refractivity contribution is -0.384. The van der Waals surface area contributed by atoms with E-state index < -0.39 is 10.6 Å². The molecule has 1 atom stereocenters. The highest BCUT2D eigenvalue weighted by Gasteiger charge is 2.37. The monoisotopic (exact) mass is 314 g/mol. The summed E-state index contributed by atoms with van der Waals surface area (Å²) in [7, 11) is 0. The number of para-hydroxylation sites is 1. The molecule has 22 heavy (non-hydrogen) atoms. The van der Waals surface area contributed by atoms with Crippen molar-refractivity contribution in [1.82, 2.24) is 0 Å². The van der Waals surface area contributed by atoms with Gasteiger partial charge >= 0.3 is 0 Å². The van der Waals surface area contributed by atoms with E-state index in [9.17, 15) is 10.1 Å². The number of rotatable bonds is 1. The maximum atomic E-state index is 11.0. The number of nitro benzene ring substituents is 1. The molecule has 4 rings (SSSR count). The number of halogens is 1. The van der Waals surface area contributed by atoms with Crippen LogP contribution in [0.1, 0.15) is 12.0 Å². The smallest absolute Gasteiger partial charge is 0.288 e. The highest BCUT2D eigenvalue weighted by atomic mass is 35.5. The highest BCUT2D eigenvalue weighted by Crippen LogP contribution is 2.42. The van der Waals surface area contributed by atoms with E-state index in [2.05, 4.69) is 4.99 Å². The van der Waals surface area contributed by atoms with Gasteiger partial charge in [-0.2, -0.15) is 0 Å². The van der Waals surface area contributed by atoms with Gasteiger partial charge in [-0.3, -0.25) is 10.1 Å². The van der Waals surface area contributed by atoms with E-state index in [0.29, 0.717) is 24.2 Å². The Morgan fingerprint density at radius 3 is 2.86 bits per heavy atom. The van der Waals surface area contributed by atoms with E-state index in [-0.39, 0.29) is 10.7 Å². The van der Waals surface area contributed by atoms with Crippen molar-refractivity contribution in [3.8, 4) is 5.75 Å². The second-order valence-electron chi connectivity index (χ2n) is 5.39. The Bertz CT molecular complexity index is 888. The molecule has 2 aliphatic rings. The third-order valence-corrected chi connectivity index (χ3v) is 4.45. The van der Waals surface area contributed by atoms with Gasteiger partial charge in [-0.05, 0) is 24.6 Å². The van der Waals surface area contributed by atoms with Crippen LogP contribution in [0.15, 0.2) is 41.4 Å². The predicted octanol–water partition coefficient (Wildman–Crippen LogP) is 2.38. The molecular formula is C16H11ClN2O3. The van der Waals surface area contributed by atoms with Crippen molar-refractivity contribution in [3.05, 3.63) is 67.7 Å². The summed E-state index contributed by atoms with van der Waals surface area (Å²) in [6, 6.07) is 10.8. The van der Waals surface area contributed by atoms with Gasteiger partial charge in [-0.25, -0.2) is 4.99 Å². The standard InChI is InChI=1S/C16H11ClN2O3/c17-15-11-7-8-16(9-10-3-1-2-4-12(10)18-16)22-14(11)6-5-13(15)19(20)21/h1-6,9H,7-8H2. The Labute approximate surface area is 130 Å². The summed E-state index contributed by atoms with van der Waals surface area (Å²) >= 11 is 6.14. The topological polar surface area (TPSA) is 64.7 Å². The van der Waals surface area contributed by atoms with Gasteiger partial charge in [0.1, 0.15) is 10.8 Å². The molecule has 1 unspecified atom stereocenters. The molecular weight excluding hydrogens is 304 g/mol. The maximum absolute atomic E-state index is 11.0. The molecule has 0 radical (unpaired) electrons. The minimum Gasteiger partial charge on any atom is -0.462 e. The Hall–Kier alpha value is -2.40. The van der Waals surface area contributed by atoms with E-state index in [1.807, 2.05) is 30.3 Å². The summed E-state index contributed by atoms with van der Waals surface area (Å²) in [6.07, 6.45) is 3.19. The highest BCUT2D eigenvalue weighted by molar-refractivity contribution is 6.33. The van der Waals surface area contributed by atoms with Crippen molar-refractivity contribution in [1.29, 1.82) is 0 Å². The number of benzene rings is 2.